The molecule has 0 aliphatic rings. The molecule has 1 amide bonds. The van der Waals surface area contributed by atoms with Crippen LogP contribution >= 0.6 is 0 Å². The lowest BCUT2D eigenvalue weighted by Gasteiger charge is -2.28. The second kappa shape index (κ2) is 8.38. The Balaban J connectivity index is 1.97. The standard InChI is InChI=1S/C21H23FN4O4S/c1-14-19(21(28)25(24(14)3)17-8-6-5-7-9-17)23-20(27)15(2)26(31(4,29)30)18-12-10-16(22)11-13-18/h5-13,15H,1-4H3,(H,23,27). The van der Waals surface area contributed by atoms with Gasteiger partial charge in [0.1, 0.15) is 17.5 Å². The molecule has 0 aliphatic carbocycles. The molecule has 0 aliphatic heterocycles. The molecular weight excluding hydrogens is 423 g/mol. The second-order valence-corrected chi connectivity index (χ2v) is 9.00. The van der Waals surface area contributed by atoms with Crippen LogP contribution in [-0.4, -0.2) is 36.0 Å². The molecule has 1 aromatic heterocycles. The maximum absolute atomic E-state index is 13.3. The Morgan fingerprint density at radius 1 is 1.10 bits per heavy atom. The second-order valence-electron chi connectivity index (χ2n) is 7.14. The minimum absolute atomic E-state index is 0.0516. The molecule has 0 spiro atoms. The molecule has 1 N–H and O–H groups in total. The summed E-state index contributed by atoms with van der Waals surface area (Å²) in [7, 11) is -2.19. The number of para-hydroxylation sites is 1. The van der Waals surface area contributed by atoms with E-state index in [2.05, 4.69) is 5.32 Å². The van der Waals surface area contributed by atoms with Crippen LogP contribution in [0.5, 0.6) is 0 Å². The van der Waals surface area contributed by atoms with Crippen molar-refractivity contribution < 1.29 is 17.6 Å². The van der Waals surface area contributed by atoms with Gasteiger partial charge in [-0.3, -0.25) is 18.6 Å². The first kappa shape index (κ1) is 22.3. The van der Waals surface area contributed by atoms with E-state index in [-0.39, 0.29) is 11.4 Å². The van der Waals surface area contributed by atoms with E-state index < -0.39 is 33.3 Å². The SMILES string of the molecule is Cc1c(NC(=O)C(C)N(c2ccc(F)cc2)S(C)(=O)=O)c(=O)n(-c2ccccc2)n1C. The molecule has 2 aromatic carbocycles. The highest BCUT2D eigenvalue weighted by Gasteiger charge is 2.30. The number of hydrogen-bond acceptors (Lipinski definition) is 4. The number of sulfonamides is 1. The van der Waals surface area contributed by atoms with E-state index in [0.717, 1.165) is 22.7 Å². The number of carbonyl (C=O) groups excluding carboxylic acids is 1. The van der Waals surface area contributed by atoms with Gasteiger partial charge in [-0.25, -0.2) is 17.5 Å². The van der Waals surface area contributed by atoms with Gasteiger partial charge in [0.2, 0.25) is 15.9 Å². The Morgan fingerprint density at radius 2 is 1.68 bits per heavy atom. The first-order chi connectivity index (χ1) is 14.5. The molecule has 3 aromatic rings. The summed E-state index contributed by atoms with van der Waals surface area (Å²) in [5.41, 5.74) is 0.867. The Morgan fingerprint density at radius 3 is 2.23 bits per heavy atom. The van der Waals surface area contributed by atoms with Crippen LogP contribution in [0.25, 0.3) is 5.69 Å². The van der Waals surface area contributed by atoms with Gasteiger partial charge in [0.05, 0.1) is 23.3 Å². The lowest BCUT2D eigenvalue weighted by atomic mass is 10.2. The smallest absolute Gasteiger partial charge is 0.295 e. The van der Waals surface area contributed by atoms with Crippen molar-refractivity contribution in [2.75, 3.05) is 15.9 Å². The van der Waals surface area contributed by atoms with Gasteiger partial charge in [-0.05, 0) is 50.2 Å². The van der Waals surface area contributed by atoms with Gasteiger partial charge >= 0.3 is 0 Å². The van der Waals surface area contributed by atoms with E-state index in [0.29, 0.717) is 11.4 Å². The highest BCUT2D eigenvalue weighted by molar-refractivity contribution is 7.92. The molecule has 3 rings (SSSR count). The molecular formula is C21H23FN4O4S. The van der Waals surface area contributed by atoms with E-state index in [1.165, 1.54) is 23.7 Å². The zero-order chi connectivity index (χ0) is 22.9. The first-order valence-corrected chi connectivity index (χ1v) is 11.3. The number of anilines is 2. The van der Waals surface area contributed by atoms with E-state index in [1.807, 2.05) is 6.07 Å². The summed E-state index contributed by atoms with van der Waals surface area (Å²) < 4.78 is 41.9. The fourth-order valence-electron chi connectivity index (χ4n) is 3.34. The molecule has 8 nitrogen and oxygen atoms in total. The zero-order valence-corrected chi connectivity index (χ0v) is 18.4. The number of benzene rings is 2. The Bertz CT molecular complexity index is 1270. The third-order valence-corrected chi connectivity index (χ3v) is 6.21. The average Bonchev–Trinajstić information content (AvgIpc) is 2.92. The molecule has 0 bridgehead atoms. The third kappa shape index (κ3) is 4.38. The van der Waals surface area contributed by atoms with Gasteiger partial charge in [0, 0.05) is 7.05 Å². The molecule has 1 heterocycles. The summed E-state index contributed by atoms with van der Waals surface area (Å²) in [5.74, 6) is -1.23. The molecule has 1 unspecified atom stereocenters. The van der Waals surface area contributed by atoms with Crippen molar-refractivity contribution in [1.82, 2.24) is 9.36 Å². The van der Waals surface area contributed by atoms with Crippen LogP contribution < -0.4 is 15.2 Å². The highest BCUT2D eigenvalue weighted by atomic mass is 32.2. The quantitative estimate of drug-likeness (QED) is 0.629. The van der Waals surface area contributed by atoms with Crippen LogP contribution in [0.1, 0.15) is 12.6 Å². The first-order valence-electron chi connectivity index (χ1n) is 9.42. The normalized spacial score (nSPS) is 12.4. The summed E-state index contributed by atoms with van der Waals surface area (Å²) in [6, 6.07) is 12.5. The number of halogens is 1. The van der Waals surface area contributed by atoms with Crippen LogP contribution in [0.15, 0.2) is 59.4 Å². The summed E-state index contributed by atoms with van der Waals surface area (Å²) in [6.45, 7) is 3.07. The maximum atomic E-state index is 13.3. The van der Waals surface area contributed by atoms with Crippen molar-refractivity contribution in [3.8, 4) is 5.69 Å². The highest BCUT2D eigenvalue weighted by Crippen LogP contribution is 2.22. The molecule has 1 atom stereocenters. The lowest BCUT2D eigenvalue weighted by Crippen LogP contribution is -2.45. The van der Waals surface area contributed by atoms with Crippen molar-refractivity contribution in [3.05, 3.63) is 76.5 Å². The minimum atomic E-state index is -3.87. The van der Waals surface area contributed by atoms with Gasteiger partial charge < -0.3 is 5.32 Å². The largest absolute Gasteiger partial charge is 0.318 e. The monoisotopic (exact) mass is 446 g/mol. The zero-order valence-electron chi connectivity index (χ0n) is 17.5. The Labute approximate surface area is 179 Å². The topological polar surface area (TPSA) is 93.4 Å². The summed E-state index contributed by atoms with van der Waals surface area (Å²) in [4.78, 5) is 26.0. The van der Waals surface area contributed by atoms with Crippen LogP contribution in [0.2, 0.25) is 0 Å². The third-order valence-electron chi connectivity index (χ3n) is 4.97. The van der Waals surface area contributed by atoms with Crippen LogP contribution in [0.4, 0.5) is 15.8 Å². The van der Waals surface area contributed by atoms with Crippen molar-refractivity contribution in [1.29, 1.82) is 0 Å². The van der Waals surface area contributed by atoms with Crippen LogP contribution in [-0.2, 0) is 21.9 Å². The summed E-state index contributed by atoms with van der Waals surface area (Å²) in [5, 5.41) is 2.57. The number of hydrogen-bond donors (Lipinski definition) is 1. The van der Waals surface area contributed by atoms with E-state index in [1.54, 1.807) is 42.9 Å². The molecule has 31 heavy (non-hydrogen) atoms. The van der Waals surface area contributed by atoms with E-state index in [9.17, 15) is 22.4 Å². The van der Waals surface area contributed by atoms with Crippen molar-refractivity contribution in [3.63, 3.8) is 0 Å². The van der Waals surface area contributed by atoms with Crippen LogP contribution in [0, 0.1) is 12.7 Å². The van der Waals surface area contributed by atoms with E-state index >= 15 is 0 Å². The summed E-state index contributed by atoms with van der Waals surface area (Å²) >= 11 is 0. The molecule has 0 radical (unpaired) electrons. The van der Waals surface area contributed by atoms with Gasteiger partial charge in [-0.1, -0.05) is 18.2 Å². The predicted molar refractivity (Wildman–Crippen MR) is 118 cm³/mol. The number of rotatable bonds is 6. The fourth-order valence-corrected chi connectivity index (χ4v) is 4.51. The van der Waals surface area contributed by atoms with Gasteiger partial charge in [-0.2, -0.15) is 0 Å². The minimum Gasteiger partial charge on any atom is -0.318 e. The predicted octanol–water partition coefficient (Wildman–Crippen LogP) is 2.42. The number of aromatic nitrogens is 2. The average molecular weight is 447 g/mol. The lowest BCUT2D eigenvalue weighted by molar-refractivity contribution is -0.116. The number of carbonyl (C=O) groups is 1. The molecule has 0 fully saturated rings. The van der Waals surface area contributed by atoms with Crippen molar-refractivity contribution in [2.45, 2.75) is 19.9 Å². The fraction of sp³-hybridized carbons (Fsp3) is 0.238. The van der Waals surface area contributed by atoms with Gasteiger partial charge in [0.25, 0.3) is 5.56 Å². The molecule has 10 heteroatoms. The number of nitrogens with one attached hydrogen (secondary N) is 1. The Hall–Kier alpha value is -3.40. The van der Waals surface area contributed by atoms with Gasteiger partial charge in [-0.15, -0.1) is 0 Å². The van der Waals surface area contributed by atoms with Crippen molar-refractivity contribution >= 4 is 27.3 Å². The number of nitrogens with zero attached hydrogens (tertiary/aromatic N) is 3. The maximum Gasteiger partial charge on any atom is 0.295 e. The Kier molecular flexibility index (Phi) is 6.03. The molecule has 164 valence electrons. The summed E-state index contributed by atoms with van der Waals surface area (Å²) in [6.07, 6.45) is 0.955. The van der Waals surface area contributed by atoms with E-state index in [4.69, 9.17) is 0 Å². The van der Waals surface area contributed by atoms with Crippen LogP contribution in [0.3, 0.4) is 0 Å². The molecule has 0 saturated heterocycles. The van der Waals surface area contributed by atoms with Crippen molar-refractivity contribution in [2.24, 2.45) is 7.05 Å². The van der Waals surface area contributed by atoms with Gasteiger partial charge in [0.15, 0.2) is 0 Å². The number of amides is 1. The molecule has 0 saturated carbocycles.